The Balaban J connectivity index is 1.62. The maximum absolute atomic E-state index is 12.9. The molecule has 8 heteroatoms. The van der Waals surface area contributed by atoms with Gasteiger partial charge in [-0.2, -0.15) is 0 Å². The molecular formula is C25H23ClN2O3S2. The predicted octanol–water partition coefficient (Wildman–Crippen LogP) is 5.32. The first kappa shape index (κ1) is 22.5. The standard InChI is InChI=1S/C25H23ClN2O3S2/c26-21-7-2-1-5-19(21)24(28-33(30,31)18-8-9-18)23-15-17-4-3-6-20(25(17)32-23)22-14-16(11-13-29)10-12-27-22/h1-7,10,12,14-15,18,24,28-29H,8-9,11,13H2/t24-/m1/s1. The molecule has 0 spiro atoms. The summed E-state index contributed by atoms with van der Waals surface area (Å²) >= 11 is 8.05. The second-order valence-electron chi connectivity index (χ2n) is 8.21. The summed E-state index contributed by atoms with van der Waals surface area (Å²) in [5, 5.41) is 10.5. The summed E-state index contributed by atoms with van der Waals surface area (Å²) in [5.74, 6) is 0. The zero-order chi connectivity index (χ0) is 23.0. The summed E-state index contributed by atoms with van der Waals surface area (Å²) in [4.78, 5) is 5.43. The van der Waals surface area contributed by atoms with Gasteiger partial charge in [0.05, 0.1) is 17.0 Å². The first-order chi connectivity index (χ1) is 16.0. The van der Waals surface area contributed by atoms with Gasteiger partial charge in [0, 0.05) is 33.0 Å². The van der Waals surface area contributed by atoms with Crippen molar-refractivity contribution in [2.24, 2.45) is 0 Å². The number of hydrogen-bond acceptors (Lipinski definition) is 5. The van der Waals surface area contributed by atoms with E-state index in [-0.39, 0.29) is 11.9 Å². The van der Waals surface area contributed by atoms with E-state index in [2.05, 4.69) is 9.71 Å². The van der Waals surface area contributed by atoms with E-state index >= 15 is 0 Å². The second kappa shape index (κ2) is 9.16. The smallest absolute Gasteiger partial charge is 0.215 e. The van der Waals surface area contributed by atoms with Crippen LogP contribution in [-0.4, -0.2) is 30.4 Å². The van der Waals surface area contributed by atoms with Crippen LogP contribution in [0.25, 0.3) is 21.3 Å². The van der Waals surface area contributed by atoms with Gasteiger partial charge in [-0.25, -0.2) is 13.1 Å². The molecule has 0 amide bonds. The van der Waals surface area contributed by atoms with Gasteiger partial charge in [-0.05, 0) is 60.0 Å². The van der Waals surface area contributed by atoms with E-state index in [1.54, 1.807) is 23.6 Å². The number of pyridine rings is 1. The van der Waals surface area contributed by atoms with Gasteiger partial charge in [-0.3, -0.25) is 4.98 Å². The van der Waals surface area contributed by atoms with Crippen molar-refractivity contribution in [1.82, 2.24) is 9.71 Å². The molecule has 4 aromatic rings. The van der Waals surface area contributed by atoms with Crippen LogP contribution in [0.5, 0.6) is 0 Å². The van der Waals surface area contributed by atoms with Crippen LogP contribution < -0.4 is 4.72 Å². The van der Waals surface area contributed by atoms with Gasteiger partial charge in [0.2, 0.25) is 10.0 Å². The fourth-order valence-electron chi connectivity index (χ4n) is 3.96. The third kappa shape index (κ3) is 4.69. The fraction of sp³-hybridized carbons (Fsp3) is 0.240. The van der Waals surface area contributed by atoms with Crippen molar-refractivity contribution >= 4 is 43.0 Å². The third-order valence-electron chi connectivity index (χ3n) is 5.81. The molecule has 2 N–H and O–H groups in total. The molecule has 0 aliphatic heterocycles. The largest absolute Gasteiger partial charge is 0.396 e. The van der Waals surface area contributed by atoms with E-state index < -0.39 is 16.1 Å². The van der Waals surface area contributed by atoms with E-state index in [0.717, 1.165) is 37.3 Å². The molecule has 170 valence electrons. The van der Waals surface area contributed by atoms with E-state index in [9.17, 15) is 13.5 Å². The topological polar surface area (TPSA) is 79.3 Å². The highest BCUT2D eigenvalue weighted by Gasteiger charge is 2.38. The minimum absolute atomic E-state index is 0.0808. The minimum atomic E-state index is -3.45. The zero-order valence-electron chi connectivity index (χ0n) is 17.7. The monoisotopic (exact) mass is 498 g/mol. The molecular weight excluding hydrogens is 476 g/mol. The Bertz CT molecular complexity index is 1410. The average Bonchev–Trinajstić information content (AvgIpc) is 3.58. The van der Waals surface area contributed by atoms with Crippen LogP contribution >= 0.6 is 22.9 Å². The molecule has 1 aliphatic carbocycles. The number of aromatic nitrogens is 1. The number of aliphatic hydroxyl groups is 1. The molecule has 0 saturated heterocycles. The number of fused-ring (bicyclic) bond motifs is 1. The Morgan fingerprint density at radius 2 is 1.94 bits per heavy atom. The number of halogens is 1. The Morgan fingerprint density at radius 1 is 1.12 bits per heavy atom. The summed E-state index contributed by atoms with van der Waals surface area (Å²) in [6.07, 6.45) is 3.71. The van der Waals surface area contributed by atoms with Crippen LogP contribution in [0.1, 0.15) is 34.9 Å². The number of hydrogen-bond donors (Lipinski definition) is 2. The van der Waals surface area contributed by atoms with E-state index in [0.29, 0.717) is 24.3 Å². The average molecular weight is 499 g/mol. The molecule has 5 nitrogen and oxygen atoms in total. The van der Waals surface area contributed by atoms with Crippen LogP contribution in [0.4, 0.5) is 0 Å². The van der Waals surface area contributed by atoms with Gasteiger partial charge in [-0.15, -0.1) is 11.3 Å². The van der Waals surface area contributed by atoms with Crippen molar-refractivity contribution < 1.29 is 13.5 Å². The van der Waals surface area contributed by atoms with Crippen molar-refractivity contribution in [3.8, 4) is 11.3 Å². The highest BCUT2D eigenvalue weighted by Crippen LogP contribution is 2.41. The normalized spacial score (nSPS) is 15.1. The molecule has 33 heavy (non-hydrogen) atoms. The minimum Gasteiger partial charge on any atom is -0.396 e. The van der Waals surface area contributed by atoms with Crippen LogP contribution in [0, 0.1) is 0 Å². The SMILES string of the molecule is O=S(=O)(N[C@@H](c1cc2cccc(-c3cc(CCO)ccn3)c2s1)c1ccccc1Cl)C1CC1. The molecule has 2 aromatic carbocycles. The summed E-state index contributed by atoms with van der Waals surface area (Å²) < 4.78 is 29.7. The lowest BCUT2D eigenvalue weighted by Crippen LogP contribution is -2.31. The van der Waals surface area contributed by atoms with Gasteiger partial charge >= 0.3 is 0 Å². The fourth-order valence-corrected chi connectivity index (χ4v) is 7.06. The van der Waals surface area contributed by atoms with Gasteiger partial charge < -0.3 is 5.11 Å². The lowest BCUT2D eigenvalue weighted by atomic mass is 10.0. The quantitative estimate of drug-likeness (QED) is 0.344. The van der Waals surface area contributed by atoms with E-state index in [1.807, 2.05) is 54.6 Å². The van der Waals surface area contributed by atoms with Crippen molar-refractivity contribution in [3.63, 3.8) is 0 Å². The summed E-state index contributed by atoms with van der Waals surface area (Å²) in [5.41, 5.74) is 3.56. The first-order valence-electron chi connectivity index (χ1n) is 10.8. The van der Waals surface area contributed by atoms with Gasteiger partial charge in [-0.1, -0.05) is 48.0 Å². The Hall–Kier alpha value is -2.29. The molecule has 2 aromatic heterocycles. The highest BCUT2D eigenvalue weighted by molar-refractivity contribution is 7.90. The molecule has 0 unspecified atom stereocenters. The second-order valence-corrected chi connectivity index (χ2v) is 11.7. The highest BCUT2D eigenvalue weighted by atomic mass is 35.5. The van der Waals surface area contributed by atoms with Crippen LogP contribution in [0.2, 0.25) is 5.02 Å². The number of aliphatic hydroxyl groups excluding tert-OH is 1. The predicted molar refractivity (Wildman–Crippen MR) is 134 cm³/mol. The number of rotatable bonds is 8. The Kier molecular flexibility index (Phi) is 6.24. The van der Waals surface area contributed by atoms with Gasteiger partial charge in [0.25, 0.3) is 0 Å². The summed E-state index contributed by atoms with van der Waals surface area (Å²) in [6.45, 7) is 0.0808. The number of nitrogens with one attached hydrogen (secondary N) is 1. The summed E-state index contributed by atoms with van der Waals surface area (Å²) in [6, 6.07) is 18.7. The first-order valence-corrected chi connectivity index (χ1v) is 13.5. The van der Waals surface area contributed by atoms with Crippen molar-refractivity contribution in [1.29, 1.82) is 0 Å². The number of sulfonamides is 1. The summed E-state index contributed by atoms with van der Waals surface area (Å²) in [7, 11) is -3.45. The molecule has 1 fully saturated rings. The maximum atomic E-state index is 12.9. The lowest BCUT2D eigenvalue weighted by molar-refractivity contribution is 0.299. The zero-order valence-corrected chi connectivity index (χ0v) is 20.1. The molecule has 2 heterocycles. The van der Waals surface area contributed by atoms with Crippen molar-refractivity contribution in [2.45, 2.75) is 30.6 Å². The Labute approximate surface area is 202 Å². The molecule has 0 radical (unpaired) electrons. The number of nitrogens with zero attached hydrogens (tertiary/aromatic N) is 1. The maximum Gasteiger partial charge on any atom is 0.215 e. The van der Waals surface area contributed by atoms with Gasteiger partial charge in [0.15, 0.2) is 0 Å². The van der Waals surface area contributed by atoms with Crippen LogP contribution in [-0.2, 0) is 16.4 Å². The number of thiophene rings is 1. The van der Waals surface area contributed by atoms with Crippen LogP contribution in [0.15, 0.2) is 66.9 Å². The molecule has 0 bridgehead atoms. The third-order valence-corrected chi connectivity index (χ3v) is 9.32. The van der Waals surface area contributed by atoms with E-state index in [4.69, 9.17) is 11.6 Å². The molecule has 1 atom stereocenters. The molecule has 1 saturated carbocycles. The number of benzene rings is 2. The van der Waals surface area contributed by atoms with Gasteiger partial charge in [0.1, 0.15) is 0 Å². The van der Waals surface area contributed by atoms with Crippen molar-refractivity contribution in [2.75, 3.05) is 6.61 Å². The Morgan fingerprint density at radius 3 is 2.70 bits per heavy atom. The van der Waals surface area contributed by atoms with E-state index in [1.165, 1.54) is 0 Å². The van der Waals surface area contributed by atoms with Crippen LogP contribution in [0.3, 0.4) is 0 Å². The molecule has 1 aliphatic rings. The van der Waals surface area contributed by atoms with Crippen molar-refractivity contribution in [3.05, 3.63) is 87.9 Å². The molecule has 5 rings (SSSR count). The lowest BCUT2D eigenvalue weighted by Gasteiger charge is -2.19.